The van der Waals surface area contributed by atoms with Crippen LogP contribution in [0.5, 0.6) is 11.5 Å². The average Bonchev–Trinajstić information content (AvgIpc) is 3.64. The Morgan fingerprint density at radius 1 is 0.568 bits per heavy atom. The Kier molecular flexibility index (Phi) is 23.4. The number of rotatable bonds is 10. The van der Waals surface area contributed by atoms with E-state index in [0.717, 1.165) is 24.7 Å². The van der Waals surface area contributed by atoms with Gasteiger partial charge >= 0.3 is 21.7 Å². The Morgan fingerprint density at radius 2 is 0.892 bits per heavy atom. The average molecular weight is 533 g/mol. The van der Waals surface area contributed by atoms with Gasteiger partial charge in [0.15, 0.2) is 0 Å². The molecule has 0 fully saturated rings. The van der Waals surface area contributed by atoms with Crippen LogP contribution in [0.3, 0.4) is 0 Å². The van der Waals surface area contributed by atoms with Crippen LogP contribution in [0.15, 0.2) is 97.1 Å². The predicted molar refractivity (Wildman–Crippen MR) is 154 cm³/mol. The Balaban J connectivity index is 0.000000463. The summed E-state index contributed by atoms with van der Waals surface area (Å²) in [5.74, 6) is 1.83. The molecule has 0 aliphatic rings. The van der Waals surface area contributed by atoms with E-state index in [1.807, 2.05) is 62.4 Å². The Labute approximate surface area is 241 Å². The van der Waals surface area contributed by atoms with Crippen molar-refractivity contribution < 1.29 is 31.2 Å². The number of benzene rings is 2. The third kappa shape index (κ3) is 19.3. The summed E-state index contributed by atoms with van der Waals surface area (Å²) < 4.78 is 10.4. The van der Waals surface area contributed by atoms with E-state index in [1.54, 1.807) is 0 Å². The van der Waals surface area contributed by atoms with Crippen molar-refractivity contribution in [2.75, 3.05) is 13.2 Å². The predicted octanol–water partition coefficient (Wildman–Crippen LogP) is 9.26. The van der Waals surface area contributed by atoms with Crippen molar-refractivity contribution >= 4 is 0 Å². The van der Waals surface area contributed by atoms with Gasteiger partial charge in [-0.3, -0.25) is 0 Å². The van der Waals surface area contributed by atoms with Gasteiger partial charge in [-0.25, -0.2) is 24.3 Å². The SMILES string of the molecule is CCCC[c-]1cccc1.CCCC[c-]1cccc1.CCOc1cc[c-]cc1.CCOc1cc[c-]cc1.[Ti+4]. The van der Waals surface area contributed by atoms with Gasteiger partial charge in [0.1, 0.15) is 0 Å². The van der Waals surface area contributed by atoms with Crippen molar-refractivity contribution in [3.63, 3.8) is 0 Å². The van der Waals surface area contributed by atoms with Gasteiger partial charge in [-0.05, 0) is 13.8 Å². The van der Waals surface area contributed by atoms with Gasteiger partial charge in [0, 0.05) is 11.5 Å². The van der Waals surface area contributed by atoms with E-state index in [0.29, 0.717) is 0 Å². The summed E-state index contributed by atoms with van der Waals surface area (Å²) in [6.45, 7) is 9.84. The minimum atomic E-state index is 0. The number of ether oxygens (including phenoxy) is 2. The zero-order valence-electron chi connectivity index (χ0n) is 23.2. The summed E-state index contributed by atoms with van der Waals surface area (Å²) >= 11 is 0. The molecule has 0 radical (unpaired) electrons. The Hall–Kier alpha value is -2.55. The van der Waals surface area contributed by atoms with E-state index in [4.69, 9.17) is 9.47 Å². The number of aryl methyl sites for hydroxylation is 2. The van der Waals surface area contributed by atoms with Crippen molar-refractivity contribution in [2.45, 2.75) is 66.2 Å². The maximum Gasteiger partial charge on any atom is 4.00 e. The first-order valence-electron chi connectivity index (χ1n) is 13.3. The van der Waals surface area contributed by atoms with Crippen LogP contribution in [0.1, 0.15) is 64.5 Å². The van der Waals surface area contributed by atoms with Crippen LogP contribution in [0.4, 0.5) is 0 Å². The summed E-state index contributed by atoms with van der Waals surface area (Å²) in [6.07, 6.45) is 7.75. The normalized spacial score (nSPS) is 9.19. The van der Waals surface area contributed by atoms with Crippen molar-refractivity contribution in [3.8, 4) is 11.5 Å². The largest absolute Gasteiger partial charge is 4.00 e. The molecule has 0 saturated heterocycles. The summed E-state index contributed by atoms with van der Waals surface area (Å²) in [6, 6.07) is 37.9. The molecule has 4 rings (SSSR count). The minimum absolute atomic E-state index is 0. The van der Waals surface area contributed by atoms with Crippen LogP contribution < -0.4 is 9.47 Å². The van der Waals surface area contributed by atoms with Gasteiger partial charge in [-0.2, -0.15) is 71.8 Å². The molecule has 0 N–H and O–H groups in total. The van der Waals surface area contributed by atoms with Crippen molar-refractivity contribution in [2.24, 2.45) is 0 Å². The van der Waals surface area contributed by atoms with Gasteiger partial charge in [0.25, 0.3) is 0 Å². The summed E-state index contributed by atoms with van der Waals surface area (Å²) in [7, 11) is 0. The monoisotopic (exact) mass is 532 g/mol. The van der Waals surface area contributed by atoms with Crippen molar-refractivity contribution in [3.05, 3.63) is 120 Å². The van der Waals surface area contributed by atoms with E-state index in [9.17, 15) is 0 Å². The molecule has 0 spiro atoms. The summed E-state index contributed by atoms with van der Waals surface area (Å²) in [5, 5.41) is 0. The standard InChI is InChI=1S/2C9H13.2C8H9O.Ti/c2*1-2-3-6-9-7-4-5-8-9;2*1-2-9-8-6-4-3-5-7-8;/h2*4-5,7-8H,2-3,6H2,1H3;2*4-7H,2H2,1H3;/q4*-1;+4. The first-order valence-corrected chi connectivity index (χ1v) is 13.3. The Bertz CT molecular complexity index is 837. The van der Waals surface area contributed by atoms with E-state index in [2.05, 4.69) is 74.5 Å². The van der Waals surface area contributed by atoms with E-state index in [1.165, 1.54) is 49.7 Å². The number of hydrogen-bond acceptors (Lipinski definition) is 2. The summed E-state index contributed by atoms with van der Waals surface area (Å²) in [4.78, 5) is 0. The van der Waals surface area contributed by atoms with Crippen molar-refractivity contribution in [1.29, 1.82) is 0 Å². The first kappa shape index (κ1) is 34.5. The van der Waals surface area contributed by atoms with Crippen LogP contribution in [0, 0.1) is 12.1 Å². The third-order valence-electron chi connectivity index (χ3n) is 5.10. The summed E-state index contributed by atoms with van der Waals surface area (Å²) in [5.41, 5.74) is 2.97. The van der Waals surface area contributed by atoms with E-state index < -0.39 is 0 Å². The first-order chi connectivity index (χ1) is 17.7. The van der Waals surface area contributed by atoms with Gasteiger partial charge in [0.05, 0.1) is 13.2 Å². The molecule has 0 saturated carbocycles. The van der Waals surface area contributed by atoms with Crippen LogP contribution in [0.2, 0.25) is 0 Å². The molecular weight excluding hydrogens is 488 g/mol. The molecule has 0 aliphatic heterocycles. The van der Waals surface area contributed by atoms with Crippen molar-refractivity contribution in [1.82, 2.24) is 0 Å². The quantitative estimate of drug-likeness (QED) is 0.150. The molecular formula is C34H44O2Ti. The van der Waals surface area contributed by atoms with Gasteiger partial charge in [-0.1, -0.05) is 52.4 Å². The molecule has 0 amide bonds. The van der Waals surface area contributed by atoms with Crippen LogP contribution in [-0.2, 0) is 34.6 Å². The Morgan fingerprint density at radius 3 is 1.16 bits per heavy atom. The van der Waals surface area contributed by atoms with Gasteiger partial charge < -0.3 is 9.47 Å². The maximum atomic E-state index is 5.19. The molecule has 0 bridgehead atoms. The van der Waals surface area contributed by atoms with Crippen LogP contribution in [0.25, 0.3) is 0 Å². The molecule has 37 heavy (non-hydrogen) atoms. The zero-order valence-corrected chi connectivity index (χ0v) is 24.8. The van der Waals surface area contributed by atoms with Crippen LogP contribution >= 0.6 is 0 Å². The zero-order chi connectivity index (χ0) is 26.1. The fourth-order valence-corrected chi connectivity index (χ4v) is 3.19. The molecule has 2 nitrogen and oxygen atoms in total. The molecule has 0 unspecified atom stereocenters. The molecule has 4 aromatic rings. The number of hydrogen-bond donors (Lipinski definition) is 0. The molecule has 3 heteroatoms. The molecule has 0 heterocycles. The number of unbranched alkanes of at least 4 members (excludes halogenated alkanes) is 2. The second-order valence-corrected chi connectivity index (χ2v) is 8.13. The fraction of sp³-hybridized carbons (Fsp3) is 0.353. The van der Waals surface area contributed by atoms with Gasteiger partial charge in [-0.15, -0.1) is 24.3 Å². The molecule has 196 valence electrons. The maximum absolute atomic E-state index is 5.19. The fourth-order valence-electron chi connectivity index (χ4n) is 3.19. The second kappa shape index (κ2) is 25.1. The second-order valence-electron chi connectivity index (χ2n) is 8.13. The molecule has 4 aromatic carbocycles. The van der Waals surface area contributed by atoms with Gasteiger partial charge in [0.2, 0.25) is 0 Å². The molecule has 0 aliphatic carbocycles. The topological polar surface area (TPSA) is 18.5 Å². The molecule has 0 aromatic heterocycles. The third-order valence-corrected chi connectivity index (χ3v) is 5.10. The molecule has 0 atom stereocenters. The smallest absolute Gasteiger partial charge is 0.519 e. The van der Waals surface area contributed by atoms with E-state index >= 15 is 0 Å². The van der Waals surface area contributed by atoms with Crippen LogP contribution in [-0.4, -0.2) is 13.2 Å². The van der Waals surface area contributed by atoms with E-state index in [-0.39, 0.29) is 21.7 Å². The minimum Gasteiger partial charge on any atom is -0.519 e.